The van der Waals surface area contributed by atoms with Crippen molar-refractivity contribution in [2.75, 3.05) is 6.61 Å². The predicted octanol–water partition coefficient (Wildman–Crippen LogP) is 1.35. The van der Waals surface area contributed by atoms with Gasteiger partial charge in [-0.25, -0.2) is 4.79 Å². The van der Waals surface area contributed by atoms with Gasteiger partial charge >= 0.3 is 12.0 Å². The predicted molar refractivity (Wildman–Crippen MR) is 71.0 cm³/mol. The minimum Gasteiger partial charge on any atom is -0.481 e. The summed E-state index contributed by atoms with van der Waals surface area (Å²) in [4.78, 5) is 22.6. The Kier molecular flexibility index (Phi) is 6.08. The molecule has 1 saturated heterocycles. The Bertz CT molecular complexity index is 320. The van der Waals surface area contributed by atoms with Crippen LogP contribution in [0.15, 0.2) is 0 Å². The van der Waals surface area contributed by atoms with Crippen LogP contribution in [0.5, 0.6) is 0 Å². The number of carbonyl (C=O) groups is 2. The number of rotatable bonds is 5. The number of urea groups is 1. The maximum Gasteiger partial charge on any atom is 0.315 e. The Hall–Kier alpha value is -1.30. The molecule has 1 heterocycles. The molecule has 0 aromatic carbocycles. The lowest BCUT2D eigenvalue weighted by Crippen LogP contribution is -2.50. The fourth-order valence-electron chi connectivity index (χ4n) is 2.17. The highest BCUT2D eigenvalue weighted by Crippen LogP contribution is 2.13. The van der Waals surface area contributed by atoms with Gasteiger partial charge in [0.2, 0.25) is 0 Å². The smallest absolute Gasteiger partial charge is 0.315 e. The van der Waals surface area contributed by atoms with Crippen molar-refractivity contribution in [2.24, 2.45) is 5.92 Å². The first-order valence-corrected chi connectivity index (χ1v) is 6.79. The number of carboxylic acids is 1. The lowest BCUT2D eigenvalue weighted by molar-refractivity contribution is -0.137. The first-order valence-electron chi connectivity index (χ1n) is 6.79. The normalized spacial score (nSPS) is 24.8. The fraction of sp³-hybridized carbons (Fsp3) is 0.846. The number of aliphatic carboxylic acids is 1. The van der Waals surface area contributed by atoms with Crippen LogP contribution in [0.2, 0.25) is 0 Å². The molecule has 0 aliphatic carbocycles. The number of nitrogens with one attached hydrogen (secondary N) is 2. The van der Waals surface area contributed by atoms with Crippen LogP contribution in [0.3, 0.4) is 0 Å². The van der Waals surface area contributed by atoms with Crippen LogP contribution in [-0.4, -0.2) is 41.9 Å². The molecule has 19 heavy (non-hydrogen) atoms. The molecule has 1 aliphatic rings. The largest absolute Gasteiger partial charge is 0.481 e. The van der Waals surface area contributed by atoms with Crippen LogP contribution in [0.25, 0.3) is 0 Å². The second kappa shape index (κ2) is 7.33. The van der Waals surface area contributed by atoms with E-state index in [0.717, 1.165) is 12.8 Å². The van der Waals surface area contributed by atoms with Crippen molar-refractivity contribution < 1.29 is 19.4 Å². The zero-order valence-corrected chi connectivity index (χ0v) is 11.8. The molecule has 0 bridgehead atoms. The quantitative estimate of drug-likeness (QED) is 0.705. The standard InChI is InChI=1S/C13H24N2O4/c1-8(2)11(7-12(16)17)15-13(18)14-10-4-5-19-9(3)6-10/h8-11H,4-7H2,1-3H3,(H,16,17)(H2,14,15,18). The third-order valence-electron chi connectivity index (χ3n) is 3.34. The highest BCUT2D eigenvalue weighted by molar-refractivity contribution is 5.76. The minimum absolute atomic E-state index is 0.0603. The number of hydrogen-bond donors (Lipinski definition) is 3. The SMILES string of the molecule is CC1CC(NC(=O)NC(CC(=O)O)C(C)C)CCO1. The van der Waals surface area contributed by atoms with Crippen LogP contribution < -0.4 is 10.6 Å². The molecule has 3 atom stereocenters. The van der Waals surface area contributed by atoms with Crippen molar-refractivity contribution >= 4 is 12.0 Å². The van der Waals surface area contributed by atoms with Gasteiger partial charge in [-0.3, -0.25) is 4.79 Å². The van der Waals surface area contributed by atoms with E-state index < -0.39 is 5.97 Å². The van der Waals surface area contributed by atoms with Gasteiger partial charge < -0.3 is 20.5 Å². The lowest BCUT2D eigenvalue weighted by Gasteiger charge is -2.29. The van der Waals surface area contributed by atoms with Crippen molar-refractivity contribution in [3.63, 3.8) is 0 Å². The molecule has 110 valence electrons. The third-order valence-corrected chi connectivity index (χ3v) is 3.34. The summed E-state index contributed by atoms with van der Waals surface area (Å²) in [5, 5.41) is 14.4. The molecule has 1 rings (SSSR count). The van der Waals surface area contributed by atoms with E-state index in [9.17, 15) is 9.59 Å². The number of ether oxygens (including phenoxy) is 1. The maximum absolute atomic E-state index is 11.9. The highest BCUT2D eigenvalue weighted by Gasteiger charge is 2.23. The van der Waals surface area contributed by atoms with Crippen molar-refractivity contribution in [1.82, 2.24) is 10.6 Å². The first kappa shape index (κ1) is 15.8. The van der Waals surface area contributed by atoms with Gasteiger partial charge in [-0.1, -0.05) is 13.8 Å². The van der Waals surface area contributed by atoms with Crippen LogP contribution >= 0.6 is 0 Å². The molecule has 6 heteroatoms. The minimum atomic E-state index is -0.904. The van der Waals surface area contributed by atoms with Gasteiger partial charge in [0.1, 0.15) is 0 Å². The monoisotopic (exact) mass is 272 g/mol. The van der Waals surface area contributed by atoms with Gasteiger partial charge in [-0.2, -0.15) is 0 Å². The van der Waals surface area contributed by atoms with E-state index in [1.54, 1.807) is 0 Å². The summed E-state index contributed by atoms with van der Waals surface area (Å²) in [6.07, 6.45) is 1.68. The highest BCUT2D eigenvalue weighted by atomic mass is 16.5. The lowest BCUT2D eigenvalue weighted by atomic mass is 10.0. The van der Waals surface area contributed by atoms with E-state index in [-0.39, 0.29) is 36.6 Å². The topological polar surface area (TPSA) is 87.7 Å². The van der Waals surface area contributed by atoms with Gasteiger partial charge in [-0.15, -0.1) is 0 Å². The van der Waals surface area contributed by atoms with E-state index in [4.69, 9.17) is 9.84 Å². The Morgan fingerprint density at radius 1 is 1.42 bits per heavy atom. The molecule has 3 N–H and O–H groups in total. The van der Waals surface area contributed by atoms with E-state index in [0.29, 0.717) is 6.61 Å². The molecule has 0 radical (unpaired) electrons. The summed E-state index contributed by atoms with van der Waals surface area (Å²) in [5.74, 6) is -0.825. The molecule has 1 aliphatic heterocycles. The van der Waals surface area contributed by atoms with Crippen molar-refractivity contribution in [3.05, 3.63) is 0 Å². The van der Waals surface area contributed by atoms with Crippen LogP contribution in [0.1, 0.15) is 40.0 Å². The van der Waals surface area contributed by atoms with E-state index in [1.807, 2.05) is 20.8 Å². The van der Waals surface area contributed by atoms with Crippen LogP contribution in [0.4, 0.5) is 4.79 Å². The van der Waals surface area contributed by atoms with Crippen molar-refractivity contribution in [3.8, 4) is 0 Å². The fourth-order valence-corrected chi connectivity index (χ4v) is 2.17. The van der Waals surface area contributed by atoms with Crippen LogP contribution in [0, 0.1) is 5.92 Å². The first-order chi connectivity index (χ1) is 8.88. The summed E-state index contributed by atoms with van der Waals surface area (Å²) in [7, 11) is 0. The summed E-state index contributed by atoms with van der Waals surface area (Å²) in [5.41, 5.74) is 0. The molecule has 1 fully saturated rings. The van der Waals surface area contributed by atoms with Crippen molar-refractivity contribution in [2.45, 2.75) is 58.2 Å². The van der Waals surface area contributed by atoms with Gasteiger partial charge in [0.05, 0.1) is 12.5 Å². The molecule has 6 nitrogen and oxygen atoms in total. The second-order valence-electron chi connectivity index (χ2n) is 5.47. The zero-order chi connectivity index (χ0) is 14.4. The Labute approximate surface area is 113 Å². The Morgan fingerprint density at radius 2 is 2.11 bits per heavy atom. The number of hydrogen-bond acceptors (Lipinski definition) is 3. The molecule has 0 aromatic rings. The molecular formula is C13H24N2O4. The molecule has 0 aromatic heterocycles. The summed E-state index contributed by atoms with van der Waals surface area (Å²) in [6, 6.07) is -0.546. The molecular weight excluding hydrogens is 248 g/mol. The summed E-state index contributed by atoms with van der Waals surface area (Å²) >= 11 is 0. The molecule has 3 unspecified atom stereocenters. The number of carboxylic acid groups (broad SMARTS) is 1. The second-order valence-corrected chi connectivity index (χ2v) is 5.47. The maximum atomic E-state index is 11.9. The van der Waals surface area contributed by atoms with Gasteiger partial charge in [0.25, 0.3) is 0 Å². The third kappa shape index (κ3) is 5.92. The van der Waals surface area contributed by atoms with E-state index in [2.05, 4.69) is 10.6 Å². The van der Waals surface area contributed by atoms with Crippen molar-refractivity contribution in [1.29, 1.82) is 0 Å². The number of carbonyl (C=O) groups excluding carboxylic acids is 1. The Balaban J connectivity index is 2.41. The van der Waals surface area contributed by atoms with Gasteiger partial charge in [-0.05, 0) is 25.7 Å². The van der Waals surface area contributed by atoms with Crippen LogP contribution in [-0.2, 0) is 9.53 Å². The average Bonchev–Trinajstić information content (AvgIpc) is 2.27. The Morgan fingerprint density at radius 3 is 2.63 bits per heavy atom. The van der Waals surface area contributed by atoms with Gasteiger partial charge in [0.15, 0.2) is 0 Å². The summed E-state index contributed by atoms with van der Waals surface area (Å²) in [6.45, 7) is 6.41. The van der Waals surface area contributed by atoms with Gasteiger partial charge in [0, 0.05) is 18.7 Å². The molecule has 2 amide bonds. The average molecular weight is 272 g/mol. The van der Waals surface area contributed by atoms with E-state index in [1.165, 1.54) is 0 Å². The number of amides is 2. The summed E-state index contributed by atoms with van der Waals surface area (Å²) < 4.78 is 5.41. The molecule has 0 spiro atoms. The van der Waals surface area contributed by atoms with E-state index >= 15 is 0 Å². The molecule has 0 saturated carbocycles. The zero-order valence-electron chi connectivity index (χ0n) is 11.8.